The van der Waals surface area contributed by atoms with E-state index >= 15 is 0 Å². The topological polar surface area (TPSA) is 82.7 Å². The Balaban J connectivity index is 2.02. The summed E-state index contributed by atoms with van der Waals surface area (Å²) in [7, 11) is 2.07. The van der Waals surface area contributed by atoms with E-state index in [4.69, 9.17) is 0 Å². The summed E-state index contributed by atoms with van der Waals surface area (Å²) in [6.45, 7) is 3.59. The molecule has 21 heavy (non-hydrogen) atoms. The largest absolute Gasteiger partial charge is 0.501 e. The summed E-state index contributed by atoms with van der Waals surface area (Å²) < 4.78 is 0. The average Bonchev–Trinajstić information content (AvgIpc) is 2.48. The Labute approximate surface area is 121 Å². The summed E-state index contributed by atoms with van der Waals surface area (Å²) in [4.78, 5) is 19.1. The van der Waals surface area contributed by atoms with Gasteiger partial charge in [-0.1, -0.05) is 0 Å². The maximum Gasteiger partial charge on any atom is 0.313 e. The first-order valence-electron chi connectivity index (χ1n) is 6.77. The number of rotatable bonds is 2. The number of fused-ring (bicyclic) bond motifs is 1. The van der Waals surface area contributed by atoms with Gasteiger partial charge in [-0.15, -0.1) is 0 Å². The maximum atomic E-state index is 10.9. The van der Waals surface area contributed by atoms with Crippen molar-refractivity contribution >= 4 is 22.4 Å². The van der Waals surface area contributed by atoms with Crippen LogP contribution in [-0.2, 0) is 0 Å². The first-order valence-corrected chi connectivity index (χ1v) is 6.77. The molecular weight excluding hydrogens is 272 g/mol. The fraction of sp³-hybridized carbons (Fsp3) is 0.357. The number of nitro benzene ring substituents is 1. The van der Waals surface area contributed by atoms with Crippen LogP contribution in [0.2, 0.25) is 0 Å². The third-order valence-corrected chi connectivity index (χ3v) is 3.82. The molecule has 0 amide bonds. The second kappa shape index (κ2) is 5.17. The molecule has 0 radical (unpaired) electrons. The van der Waals surface area contributed by atoms with Gasteiger partial charge in [0, 0.05) is 37.6 Å². The number of aromatic nitrogens is 1. The molecule has 0 spiro atoms. The first kappa shape index (κ1) is 13.6. The normalized spacial score (nSPS) is 16.3. The molecule has 0 aliphatic carbocycles. The molecule has 0 saturated carbocycles. The molecule has 1 aliphatic heterocycles. The number of phenolic OH excluding ortho intramolecular Hbond substituents is 1. The van der Waals surface area contributed by atoms with Gasteiger partial charge in [0.25, 0.3) is 0 Å². The van der Waals surface area contributed by atoms with Crippen LogP contribution in [-0.4, -0.2) is 53.1 Å². The zero-order valence-electron chi connectivity index (χ0n) is 11.7. The number of nitrogens with zero attached hydrogens (tertiary/aromatic N) is 4. The van der Waals surface area contributed by atoms with Crippen molar-refractivity contribution < 1.29 is 10.0 Å². The minimum absolute atomic E-state index is 0.278. The highest BCUT2D eigenvalue weighted by Gasteiger charge is 2.20. The second-order valence-electron chi connectivity index (χ2n) is 5.22. The third kappa shape index (κ3) is 2.47. The number of piperazine rings is 1. The molecule has 7 heteroatoms. The molecule has 2 heterocycles. The highest BCUT2D eigenvalue weighted by Crippen LogP contribution is 2.34. The van der Waals surface area contributed by atoms with E-state index < -0.39 is 4.92 Å². The summed E-state index contributed by atoms with van der Waals surface area (Å²) in [6.07, 6.45) is 0. The van der Waals surface area contributed by atoms with Gasteiger partial charge < -0.3 is 14.9 Å². The summed E-state index contributed by atoms with van der Waals surface area (Å²) in [6, 6.07) is 6.63. The van der Waals surface area contributed by atoms with Crippen LogP contribution < -0.4 is 4.90 Å². The van der Waals surface area contributed by atoms with E-state index in [1.54, 1.807) is 6.07 Å². The van der Waals surface area contributed by atoms with Gasteiger partial charge in [0.1, 0.15) is 11.3 Å². The predicted molar refractivity (Wildman–Crippen MR) is 79.8 cm³/mol. The lowest BCUT2D eigenvalue weighted by Crippen LogP contribution is -2.44. The minimum atomic E-state index is -0.598. The van der Waals surface area contributed by atoms with Gasteiger partial charge in [-0.25, -0.2) is 4.98 Å². The summed E-state index contributed by atoms with van der Waals surface area (Å²) in [5, 5.41) is 21.6. The van der Waals surface area contributed by atoms with Crippen molar-refractivity contribution in [2.75, 3.05) is 38.1 Å². The lowest BCUT2D eigenvalue weighted by molar-refractivity contribution is -0.385. The Hall–Kier alpha value is -2.41. The Morgan fingerprint density at radius 3 is 2.52 bits per heavy atom. The number of likely N-dealkylation sites (N-methyl/N-ethyl adjacent to an activating group) is 1. The molecule has 1 aromatic carbocycles. The Bertz CT molecular complexity index is 696. The molecular formula is C14H16N4O3. The Morgan fingerprint density at radius 1 is 1.19 bits per heavy atom. The van der Waals surface area contributed by atoms with E-state index in [0.717, 1.165) is 32.0 Å². The van der Waals surface area contributed by atoms with Crippen molar-refractivity contribution in [1.82, 2.24) is 9.88 Å². The van der Waals surface area contributed by atoms with Gasteiger partial charge >= 0.3 is 5.69 Å². The number of hydrogen-bond acceptors (Lipinski definition) is 6. The number of phenols is 1. The Morgan fingerprint density at radius 2 is 1.86 bits per heavy atom. The monoisotopic (exact) mass is 288 g/mol. The number of benzene rings is 1. The molecule has 3 rings (SSSR count). The smallest absolute Gasteiger partial charge is 0.313 e. The van der Waals surface area contributed by atoms with Gasteiger partial charge in [-0.3, -0.25) is 10.1 Å². The average molecular weight is 288 g/mol. The van der Waals surface area contributed by atoms with Crippen LogP contribution in [0.1, 0.15) is 0 Å². The molecule has 1 N–H and O–H groups in total. The summed E-state index contributed by atoms with van der Waals surface area (Å²) in [5.41, 5.74) is -0.0360. The van der Waals surface area contributed by atoms with Crippen LogP contribution in [0.15, 0.2) is 24.3 Å². The fourth-order valence-corrected chi connectivity index (χ4v) is 2.51. The van der Waals surface area contributed by atoms with Crippen molar-refractivity contribution in [1.29, 1.82) is 0 Å². The highest BCUT2D eigenvalue weighted by atomic mass is 16.6. The van der Waals surface area contributed by atoms with Crippen molar-refractivity contribution in [2.24, 2.45) is 0 Å². The molecule has 1 aromatic heterocycles. The molecule has 1 aliphatic rings. The number of hydrogen-bond donors (Lipinski definition) is 1. The molecule has 0 bridgehead atoms. The lowest BCUT2D eigenvalue weighted by Gasteiger charge is -2.33. The van der Waals surface area contributed by atoms with E-state index in [9.17, 15) is 15.2 Å². The van der Waals surface area contributed by atoms with E-state index in [2.05, 4.69) is 21.8 Å². The summed E-state index contributed by atoms with van der Waals surface area (Å²) >= 11 is 0. The van der Waals surface area contributed by atoms with E-state index in [1.165, 1.54) is 6.07 Å². The number of nitro groups is 1. The van der Waals surface area contributed by atoms with Crippen molar-refractivity contribution in [3.63, 3.8) is 0 Å². The van der Waals surface area contributed by atoms with Crippen LogP contribution in [0.5, 0.6) is 5.75 Å². The van der Waals surface area contributed by atoms with Crippen LogP contribution in [0.4, 0.5) is 11.5 Å². The van der Waals surface area contributed by atoms with Gasteiger partial charge in [-0.2, -0.15) is 0 Å². The minimum Gasteiger partial charge on any atom is -0.501 e. The van der Waals surface area contributed by atoms with Crippen LogP contribution in [0, 0.1) is 10.1 Å². The predicted octanol–water partition coefficient (Wildman–Crippen LogP) is 1.60. The molecule has 110 valence electrons. The van der Waals surface area contributed by atoms with Crippen molar-refractivity contribution in [3.05, 3.63) is 34.4 Å². The van der Waals surface area contributed by atoms with E-state index in [-0.39, 0.29) is 17.0 Å². The molecule has 1 saturated heterocycles. The molecule has 7 nitrogen and oxygen atoms in total. The van der Waals surface area contributed by atoms with Crippen LogP contribution in [0.25, 0.3) is 10.9 Å². The highest BCUT2D eigenvalue weighted by molar-refractivity contribution is 5.89. The molecule has 0 unspecified atom stereocenters. The molecule has 1 fully saturated rings. The second-order valence-corrected chi connectivity index (χ2v) is 5.22. The summed E-state index contributed by atoms with van der Waals surface area (Å²) in [5.74, 6) is 0.375. The van der Waals surface area contributed by atoms with Gasteiger partial charge in [0.05, 0.1) is 4.92 Å². The van der Waals surface area contributed by atoms with Gasteiger partial charge in [0.2, 0.25) is 5.75 Å². The van der Waals surface area contributed by atoms with Gasteiger partial charge in [0.15, 0.2) is 0 Å². The number of anilines is 1. The quantitative estimate of drug-likeness (QED) is 0.667. The number of pyridine rings is 1. The maximum absolute atomic E-state index is 10.9. The molecule has 0 atom stereocenters. The first-order chi connectivity index (χ1) is 10.1. The van der Waals surface area contributed by atoms with Crippen LogP contribution in [0.3, 0.4) is 0 Å². The van der Waals surface area contributed by atoms with E-state index in [0.29, 0.717) is 5.39 Å². The third-order valence-electron chi connectivity index (χ3n) is 3.82. The lowest BCUT2D eigenvalue weighted by atomic mass is 10.1. The fourth-order valence-electron chi connectivity index (χ4n) is 2.51. The van der Waals surface area contributed by atoms with Crippen LogP contribution >= 0.6 is 0 Å². The van der Waals surface area contributed by atoms with Gasteiger partial charge in [-0.05, 0) is 25.2 Å². The zero-order valence-corrected chi connectivity index (χ0v) is 11.7. The SMILES string of the molecule is CN1CCN(c2ccc3ccc([N+](=O)[O-])c(O)c3n2)CC1. The number of aromatic hydroxyl groups is 1. The Kier molecular flexibility index (Phi) is 3.34. The molecule has 2 aromatic rings. The van der Waals surface area contributed by atoms with Crippen molar-refractivity contribution in [3.8, 4) is 5.75 Å². The van der Waals surface area contributed by atoms with E-state index in [1.807, 2.05) is 12.1 Å². The van der Waals surface area contributed by atoms with Crippen molar-refractivity contribution in [2.45, 2.75) is 0 Å². The zero-order chi connectivity index (χ0) is 15.0. The standard InChI is InChI=1S/C14H16N4O3/c1-16-6-8-17(9-7-16)12-5-3-10-2-4-11(18(20)21)14(19)13(10)15-12/h2-5,19H,6-9H2,1H3.